The second-order valence-corrected chi connectivity index (χ2v) is 13.8. The Kier molecular flexibility index (Phi) is 31.6. The molecule has 0 heterocycles. The van der Waals surface area contributed by atoms with Crippen LogP contribution in [-0.4, -0.2) is 82.3 Å². The molecular weight excluding hydrogens is 634 g/mol. The van der Waals surface area contributed by atoms with Crippen LogP contribution in [0.2, 0.25) is 0 Å². The SMILES string of the molecule is CC/C=C\C/C=C\C/C=C\C/C=C\CCCCC(=O)OC(COC(=O)CCCCCCCCCCCC)COC(OCC[N+](C)(C)C)C(=O)[O-]. The van der Waals surface area contributed by atoms with Crippen molar-refractivity contribution in [2.45, 2.75) is 148 Å². The third-order valence-electron chi connectivity index (χ3n) is 7.84. The monoisotopic (exact) mass is 706 g/mol. The lowest BCUT2D eigenvalue weighted by molar-refractivity contribution is -0.870. The second-order valence-electron chi connectivity index (χ2n) is 13.8. The predicted octanol–water partition coefficient (Wildman–Crippen LogP) is 7.93. The number of aliphatic carboxylic acids is 1. The van der Waals surface area contributed by atoms with Crippen molar-refractivity contribution >= 4 is 17.9 Å². The van der Waals surface area contributed by atoms with Gasteiger partial charge in [-0.05, 0) is 51.4 Å². The summed E-state index contributed by atoms with van der Waals surface area (Å²) in [5, 5.41) is 11.6. The first kappa shape index (κ1) is 47.2. The van der Waals surface area contributed by atoms with E-state index in [1.165, 1.54) is 44.9 Å². The molecule has 0 amide bonds. The van der Waals surface area contributed by atoms with Crippen LogP contribution in [0.5, 0.6) is 0 Å². The zero-order chi connectivity index (χ0) is 37.1. The smallest absolute Gasteiger partial charge is 0.306 e. The van der Waals surface area contributed by atoms with E-state index in [4.69, 9.17) is 18.9 Å². The Morgan fingerprint density at radius 1 is 0.620 bits per heavy atom. The Hall–Kier alpha value is -2.75. The average Bonchev–Trinajstić information content (AvgIpc) is 3.06. The first-order valence-corrected chi connectivity index (χ1v) is 19.3. The zero-order valence-electron chi connectivity index (χ0n) is 32.3. The molecule has 0 aromatic carbocycles. The van der Waals surface area contributed by atoms with Gasteiger partial charge in [0.25, 0.3) is 0 Å². The minimum atomic E-state index is -1.63. The first-order valence-electron chi connectivity index (χ1n) is 19.3. The zero-order valence-corrected chi connectivity index (χ0v) is 32.3. The maximum atomic E-state index is 12.6. The number of hydrogen-bond acceptors (Lipinski definition) is 8. The molecule has 0 bridgehead atoms. The van der Waals surface area contributed by atoms with Crippen molar-refractivity contribution < 1.29 is 42.9 Å². The molecule has 0 spiro atoms. The van der Waals surface area contributed by atoms with Gasteiger partial charge in [0.2, 0.25) is 0 Å². The van der Waals surface area contributed by atoms with E-state index in [1.54, 1.807) is 0 Å². The Bertz CT molecular complexity index is 966. The lowest BCUT2D eigenvalue weighted by Crippen LogP contribution is -2.44. The summed E-state index contributed by atoms with van der Waals surface area (Å²) in [6.45, 7) is 4.53. The molecule has 0 rings (SSSR count). The first-order chi connectivity index (χ1) is 24.1. The van der Waals surface area contributed by atoms with E-state index in [1.807, 2.05) is 21.1 Å². The van der Waals surface area contributed by atoms with Crippen LogP contribution in [0.1, 0.15) is 136 Å². The molecule has 0 fully saturated rings. The molecule has 9 nitrogen and oxygen atoms in total. The Morgan fingerprint density at radius 2 is 1.14 bits per heavy atom. The molecule has 0 N–H and O–H groups in total. The number of carboxylic acid groups (broad SMARTS) is 1. The fourth-order valence-corrected chi connectivity index (χ4v) is 4.82. The minimum Gasteiger partial charge on any atom is -0.545 e. The summed E-state index contributed by atoms with van der Waals surface area (Å²) >= 11 is 0. The van der Waals surface area contributed by atoms with E-state index in [2.05, 4.69) is 62.5 Å². The maximum absolute atomic E-state index is 12.6. The average molecular weight is 706 g/mol. The van der Waals surface area contributed by atoms with Gasteiger partial charge >= 0.3 is 11.9 Å². The number of allylic oxidation sites excluding steroid dienone is 8. The molecule has 0 aliphatic rings. The number of rotatable bonds is 34. The number of nitrogens with zero attached hydrogens (tertiary/aromatic N) is 1. The summed E-state index contributed by atoms with van der Waals surface area (Å²) in [7, 11) is 5.88. The van der Waals surface area contributed by atoms with E-state index in [0.717, 1.165) is 57.8 Å². The molecule has 0 aromatic heterocycles. The largest absolute Gasteiger partial charge is 0.545 e. The standard InChI is InChI=1S/C41H71NO8/c1-6-8-10-12-14-16-18-19-20-21-22-24-26-28-30-32-39(44)50-37(36-49-41(40(45)46)47-34-33-42(3,4)5)35-48-38(43)31-29-27-25-23-17-15-13-11-9-7-2/h8,10,14,16,19-20,22,24,37,41H,6-7,9,11-13,15,17-18,21,23,25-36H2,1-5H3/b10-8-,16-14-,20-19-,24-22-. The third-order valence-corrected chi connectivity index (χ3v) is 7.84. The van der Waals surface area contributed by atoms with Crippen molar-refractivity contribution in [3.05, 3.63) is 48.6 Å². The molecule has 0 aromatic rings. The highest BCUT2D eigenvalue weighted by Crippen LogP contribution is 2.12. The summed E-state index contributed by atoms with van der Waals surface area (Å²) in [5.41, 5.74) is 0. The van der Waals surface area contributed by atoms with Crippen molar-refractivity contribution in [1.29, 1.82) is 0 Å². The molecule has 0 saturated heterocycles. The normalized spacial score (nSPS) is 13.5. The van der Waals surface area contributed by atoms with Crippen molar-refractivity contribution in [1.82, 2.24) is 0 Å². The fourth-order valence-electron chi connectivity index (χ4n) is 4.82. The van der Waals surface area contributed by atoms with Crippen molar-refractivity contribution in [2.75, 3.05) is 47.5 Å². The van der Waals surface area contributed by atoms with Gasteiger partial charge in [0.1, 0.15) is 13.2 Å². The number of carboxylic acids is 1. The van der Waals surface area contributed by atoms with Crippen LogP contribution in [0.15, 0.2) is 48.6 Å². The van der Waals surface area contributed by atoms with Crippen LogP contribution >= 0.6 is 0 Å². The number of carbonyl (C=O) groups excluding carboxylic acids is 3. The maximum Gasteiger partial charge on any atom is 0.306 e. The van der Waals surface area contributed by atoms with Crippen molar-refractivity contribution in [2.24, 2.45) is 0 Å². The molecule has 0 aliphatic carbocycles. The molecule has 2 atom stereocenters. The number of likely N-dealkylation sites (N-methyl/N-ethyl adjacent to an activating group) is 1. The van der Waals surface area contributed by atoms with Crippen molar-refractivity contribution in [3.63, 3.8) is 0 Å². The van der Waals surface area contributed by atoms with Crippen LogP contribution in [-0.2, 0) is 33.3 Å². The van der Waals surface area contributed by atoms with Crippen LogP contribution in [0.4, 0.5) is 0 Å². The number of unbranched alkanes of at least 4 members (excludes halogenated alkanes) is 11. The molecule has 288 valence electrons. The summed E-state index contributed by atoms with van der Waals surface area (Å²) in [6, 6.07) is 0. The van der Waals surface area contributed by atoms with Crippen molar-refractivity contribution in [3.8, 4) is 0 Å². The Balaban J connectivity index is 4.63. The van der Waals surface area contributed by atoms with Crippen LogP contribution in [0, 0.1) is 0 Å². The van der Waals surface area contributed by atoms with Gasteiger partial charge in [0, 0.05) is 12.8 Å². The summed E-state index contributed by atoms with van der Waals surface area (Å²) in [6.07, 6.45) is 32.9. The third kappa shape index (κ3) is 33.7. The minimum absolute atomic E-state index is 0.139. The van der Waals surface area contributed by atoms with Gasteiger partial charge in [-0.3, -0.25) is 9.59 Å². The van der Waals surface area contributed by atoms with E-state index >= 15 is 0 Å². The van der Waals surface area contributed by atoms with E-state index in [0.29, 0.717) is 17.4 Å². The molecule has 0 aliphatic heterocycles. The lowest BCUT2D eigenvalue weighted by Gasteiger charge is -2.26. The number of esters is 2. The highest BCUT2D eigenvalue weighted by atomic mass is 16.7. The quantitative estimate of drug-likeness (QED) is 0.0218. The molecular formula is C41H71NO8. The Labute approximate surface area is 304 Å². The van der Waals surface area contributed by atoms with Crippen LogP contribution in [0.3, 0.4) is 0 Å². The number of ether oxygens (including phenoxy) is 4. The van der Waals surface area contributed by atoms with Gasteiger partial charge in [-0.2, -0.15) is 0 Å². The van der Waals surface area contributed by atoms with Crippen LogP contribution < -0.4 is 5.11 Å². The Morgan fingerprint density at radius 3 is 1.70 bits per heavy atom. The molecule has 9 heteroatoms. The van der Waals surface area contributed by atoms with Gasteiger partial charge in [-0.1, -0.05) is 120 Å². The van der Waals surface area contributed by atoms with Gasteiger partial charge in [-0.25, -0.2) is 0 Å². The number of hydrogen-bond donors (Lipinski definition) is 0. The summed E-state index contributed by atoms with van der Waals surface area (Å²) in [5.74, 6) is -2.35. The highest BCUT2D eigenvalue weighted by molar-refractivity contribution is 5.70. The number of quaternary nitrogens is 1. The fraction of sp³-hybridized carbons (Fsp3) is 0.732. The van der Waals surface area contributed by atoms with Gasteiger partial charge in [0.05, 0.1) is 40.3 Å². The topological polar surface area (TPSA) is 111 Å². The molecule has 50 heavy (non-hydrogen) atoms. The second kappa shape index (κ2) is 33.4. The predicted molar refractivity (Wildman–Crippen MR) is 200 cm³/mol. The molecule has 0 saturated carbocycles. The summed E-state index contributed by atoms with van der Waals surface area (Å²) in [4.78, 5) is 36.7. The number of carbonyl (C=O) groups is 3. The van der Waals surface area contributed by atoms with Gasteiger partial charge in [0.15, 0.2) is 12.4 Å². The van der Waals surface area contributed by atoms with Gasteiger partial charge < -0.3 is 33.3 Å². The van der Waals surface area contributed by atoms with Crippen LogP contribution in [0.25, 0.3) is 0 Å². The van der Waals surface area contributed by atoms with E-state index < -0.39 is 24.3 Å². The molecule has 2 unspecified atom stereocenters. The van der Waals surface area contributed by atoms with Gasteiger partial charge in [-0.15, -0.1) is 0 Å². The molecule has 0 radical (unpaired) electrons. The lowest BCUT2D eigenvalue weighted by atomic mass is 10.1. The summed E-state index contributed by atoms with van der Waals surface area (Å²) < 4.78 is 22.4. The van der Waals surface area contributed by atoms with E-state index in [-0.39, 0.29) is 38.6 Å². The van der Waals surface area contributed by atoms with E-state index in [9.17, 15) is 19.5 Å². The highest BCUT2D eigenvalue weighted by Gasteiger charge is 2.21.